The molecule has 192 valence electrons. The van der Waals surface area contributed by atoms with Crippen LogP contribution in [0.1, 0.15) is 52.9 Å². The molecule has 0 saturated carbocycles. The van der Waals surface area contributed by atoms with E-state index in [1.807, 2.05) is 54.7 Å². The highest BCUT2D eigenvalue weighted by Gasteiger charge is 2.33. The molecule has 2 aromatic heterocycles. The zero-order valence-electron chi connectivity index (χ0n) is 20.8. The molecule has 0 fully saturated rings. The van der Waals surface area contributed by atoms with E-state index in [9.17, 15) is 4.79 Å². The maximum absolute atomic E-state index is 12.3. The summed E-state index contributed by atoms with van der Waals surface area (Å²) in [6, 6.07) is 15.5. The lowest BCUT2D eigenvalue weighted by Gasteiger charge is -2.25. The van der Waals surface area contributed by atoms with Crippen LogP contribution in [0.2, 0.25) is 5.02 Å². The van der Waals surface area contributed by atoms with Crippen LogP contribution >= 0.6 is 11.6 Å². The number of hydrogen-bond acceptors (Lipinski definition) is 7. The van der Waals surface area contributed by atoms with Gasteiger partial charge in [-0.3, -0.25) is 0 Å². The van der Waals surface area contributed by atoms with Gasteiger partial charge in [-0.25, -0.2) is 9.48 Å². The number of para-hydroxylation sites is 1. The number of nitrogens with zero attached hydrogens (tertiary/aromatic N) is 4. The molecule has 1 aliphatic heterocycles. The van der Waals surface area contributed by atoms with E-state index in [1.54, 1.807) is 25.8 Å². The van der Waals surface area contributed by atoms with Gasteiger partial charge in [-0.15, -0.1) is 5.10 Å². The SMILES string of the molecule is CCOC(=O)c1cnnn1CC[C@H]1O[C@H](c2cccc(OC)c2OC)c2cc(Cl)ccc2-n2cccc21. The minimum absolute atomic E-state index is 0.272. The third-order valence-corrected chi connectivity index (χ3v) is 6.60. The van der Waals surface area contributed by atoms with Crippen LogP contribution in [0, 0.1) is 0 Å². The molecule has 3 heterocycles. The molecule has 0 amide bonds. The topological polar surface area (TPSA) is 89.6 Å². The van der Waals surface area contributed by atoms with E-state index in [4.69, 9.17) is 30.5 Å². The molecular formula is C27H27ClN4O5. The number of esters is 1. The maximum Gasteiger partial charge on any atom is 0.358 e. The van der Waals surface area contributed by atoms with Crippen LogP contribution in [0.4, 0.5) is 0 Å². The lowest BCUT2D eigenvalue weighted by Crippen LogP contribution is -2.17. The van der Waals surface area contributed by atoms with Crippen LogP contribution in [-0.4, -0.2) is 46.4 Å². The normalized spacial score (nSPS) is 16.4. The zero-order chi connectivity index (χ0) is 25.9. The van der Waals surface area contributed by atoms with Crippen molar-refractivity contribution in [2.45, 2.75) is 32.1 Å². The Morgan fingerprint density at radius 1 is 1.11 bits per heavy atom. The second-order valence-electron chi connectivity index (χ2n) is 8.45. The average Bonchev–Trinajstić information content (AvgIpc) is 3.56. The van der Waals surface area contributed by atoms with Gasteiger partial charge in [0.15, 0.2) is 17.2 Å². The maximum atomic E-state index is 12.3. The minimum Gasteiger partial charge on any atom is -0.493 e. The van der Waals surface area contributed by atoms with E-state index in [2.05, 4.69) is 14.9 Å². The van der Waals surface area contributed by atoms with Gasteiger partial charge in [0.05, 0.1) is 38.4 Å². The standard InChI is InChI=1S/C27H27ClN4O5/c1-4-36-27(33)22-16-29-30-32(22)14-12-23-21-8-6-13-31(21)20-11-10-17(28)15-19(20)25(37-23)18-7-5-9-24(34-2)26(18)35-3/h5-11,13,15-16,23,25H,4,12,14H2,1-3H3/t23-,25-/m1/s1. The van der Waals surface area contributed by atoms with Gasteiger partial charge in [0.2, 0.25) is 0 Å². The van der Waals surface area contributed by atoms with Gasteiger partial charge >= 0.3 is 5.97 Å². The summed E-state index contributed by atoms with van der Waals surface area (Å²) in [4.78, 5) is 12.3. The molecule has 0 bridgehead atoms. The summed E-state index contributed by atoms with van der Waals surface area (Å²) in [6.07, 6.45) is 3.06. The van der Waals surface area contributed by atoms with Crippen LogP contribution in [0.5, 0.6) is 11.5 Å². The number of hydrogen-bond donors (Lipinski definition) is 0. The van der Waals surface area contributed by atoms with Gasteiger partial charge in [0.25, 0.3) is 0 Å². The summed E-state index contributed by atoms with van der Waals surface area (Å²) in [5, 5.41) is 8.61. The summed E-state index contributed by atoms with van der Waals surface area (Å²) >= 11 is 6.47. The molecule has 2 atom stereocenters. The third kappa shape index (κ3) is 4.68. The molecule has 4 aromatic rings. The van der Waals surface area contributed by atoms with E-state index in [0.29, 0.717) is 35.2 Å². The summed E-state index contributed by atoms with van der Waals surface area (Å²) in [7, 11) is 3.22. The van der Waals surface area contributed by atoms with Crippen LogP contribution in [0.3, 0.4) is 0 Å². The smallest absolute Gasteiger partial charge is 0.358 e. The van der Waals surface area contributed by atoms with Gasteiger partial charge in [-0.1, -0.05) is 28.9 Å². The van der Waals surface area contributed by atoms with E-state index < -0.39 is 12.1 Å². The Hall–Kier alpha value is -3.82. The van der Waals surface area contributed by atoms with Crippen LogP contribution in [0.15, 0.2) is 60.9 Å². The second kappa shape index (κ2) is 10.7. The van der Waals surface area contributed by atoms with Crippen LogP contribution in [0.25, 0.3) is 5.69 Å². The summed E-state index contributed by atoms with van der Waals surface area (Å²) in [5.74, 6) is 0.736. The molecule has 0 spiro atoms. The van der Waals surface area contributed by atoms with Crippen molar-refractivity contribution >= 4 is 17.6 Å². The Labute approximate surface area is 219 Å². The number of carbonyl (C=O) groups excluding carboxylic acids is 1. The largest absolute Gasteiger partial charge is 0.493 e. The third-order valence-electron chi connectivity index (χ3n) is 6.36. The number of methoxy groups -OCH3 is 2. The fourth-order valence-corrected chi connectivity index (χ4v) is 4.92. The fraction of sp³-hybridized carbons (Fsp3) is 0.296. The van der Waals surface area contributed by atoms with Crippen molar-refractivity contribution in [1.82, 2.24) is 19.6 Å². The summed E-state index contributed by atoms with van der Waals surface area (Å²) in [5.41, 5.74) is 3.92. The molecule has 0 N–H and O–H groups in total. The van der Waals surface area contributed by atoms with Crippen molar-refractivity contribution in [1.29, 1.82) is 0 Å². The Morgan fingerprint density at radius 3 is 2.76 bits per heavy atom. The Balaban J connectivity index is 1.57. The molecule has 0 radical (unpaired) electrons. The van der Waals surface area contributed by atoms with Crippen LogP contribution < -0.4 is 9.47 Å². The molecule has 10 heteroatoms. The molecule has 9 nitrogen and oxygen atoms in total. The van der Waals surface area contributed by atoms with Crippen molar-refractivity contribution in [2.75, 3.05) is 20.8 Å². The number of ether oxygens (including phenoxy) is 4. The molecule has 0 saturated heterocycles. The zero-order valence-corrected chi connectivity index (χ0v) is 21.5. The number of carbonyl (C=O) groups is 1. The Kier molecular flexibility index (Phi) is 7.16. The summed E-state index contributed by atoms with van der Waals surface area (Å²) in [6.45, 7) is 2.42. The number of halogens is 1. The lowest BCUT2D eigenvalue weighted by atomic mass is 9.98. The number of fused-ring (bicyclic) bond motifs is 3. The number of benzene rings is 2. The molecule has 0 unspecified atom stereocenters. The van der Waals surface area contributed by atoms with Crippen molar-refractivity contribution in [2.24, 2.45) is 0 Å². The fourth-order valence-electron chi connectivity index (χ4n) is 4.74. The predicted molar refractivity (Wildman–Crippen MR) is 137 cm³/mol. The molecule has 0 aliphatic carbocycles. The minimum atomic E-state index is -0.510. The number of rotatable bonds is 8. The average molecular weight is 523 g/mol. The second-order valence-corrected chi connectivity index (χ2v) is 8.88. The highest BCUT2D eigenvalue weighted by atomic mass is 35.5. The lowest BCUT2D eigenvalue weighted by molar-refractivity contribution is -0.00202. The van der Waals surface area contributed by atoms with E-state index >= 15 is 0 Å². The number of aryl methyl sites for hydroxylation is 1. The van der Waals surface area contributed by atoms with Gasteiger partial charge in [-0.2, -0.15) is 0 Å². The van der Waals surface area contributed by atoms with Crippen molar-refractivity contribution in [3.63, 3.8) is 0 Å². The Bertz CT molecular complexity index is 1420. The first-order chi connectivity index (χ1) is 18.0. The van der Waals surface area contributed by atoms with E-state index in [1.165, 1.54) is 6.20 Å². The van der Waals surface area contributed by atoms with Crippen LogP contribution in [-0.2, 0) is 16.0 Å². The predicted octanol–water partition coefficient (Wildman–Crippen LogP) is 5.17. The number of aromatic nitrogens is 4. The molecule has 37 heavy (non-hydrogen) atoms. The molecule has 5 rings (SSSR count). The highest BCUT2D eigenvalue weighted by molar-refractivity contribution is 6.30. The Morgan fingerprint density at radius 2 is 1.97 bits per heavy atom. The van der Waals surface area contributed by atoms with E-state index in [-0.39, 0.29) is 12.7 Å². The molecule has 1 aliphatic rings. The van der Waals surface area contributed by atoms with Crippen molar-refractivity contribution in [3.05, 3.63) is 88.5 Å². The van der Waals surface area contributed by atoms with Gasteiger partial charge in [-0.05, 0) is 49.7 Å². The van der Waals surface area contributed by atoms with Crippen molar-refractivity contribution in [3.8, 4) is 17.2 Å². The summed E-state index contributed by atoms with van der Waals surface area (Å²) < 4.78 is 27.0. The van der Waals surface area contributed by atoms with Gasteiger partial charge in [0, 0.05) is 28.9 Å². The first kappa shape index (κ1) is 24.9. The quantitative estimate of drug-likeness (QED) is 0.295. The van der Waals surface area contributed by atoms with Gasteiger partial charge in [0.1, 0.15) is 12.2 Å². The first-order valence-electron chi connectivity index (χ1n) is 11.9. The van der Waals surface area contributed by atoms with Crippen molar-refractivity contribution < 1.29 is 23.7 Å². The van der Waals surface area contributed by atoms with Gasteiger partial charge < -0.3 is 23.5 Å². The molecular weight excluding hydrogens is 496 g/mol. The molecule has 2 aromatic carbocycles. The highest BCUT2D eigenvalue weighted by Crippen LogP contribution is 2.46. The first-order valence-corrected chi connectivity index (χ1v) is 12.3. The monoisotopic (exact) mass is 522 g/mol. The van der Waals surface area contributed by atoms with E-state index in [0.717, 1.165) is 22.5 Å².